The quantitative estimate of drug-likeness (QED) is 0.658. The van der Waals surface area contributed by atoms with E-state index in [4.69, 9.17) is 9.47 Å². The molecule has 3 heteroatoms. The van der Waals surface area contributed by atoms with Gasteiger partial charge in [0.25, 0.3) is 0 Å². The zero-order chi connectivity index (χ0) is 12.7. The second kappa shape index (κ2) is 7.75. The summed E-state index contributed by atoms with van der Waals surface area (Å²) < 4.78 is 11.7. The van der Waals surface area contributed by atoms with Crippen LogP contribution in [0.2, 0.25) is 0 Å². The Balaban J connectivity index is 2.41. The summed E-state index contributed by atoms with van der Waals surface area (Å²) in [5.41, 5.74) is 0.0577. The molecule has 0 N–H and O–H groups in total. The summed E-state index contributed by atoms with van der Waals surface area (Å²) in [6.45, 7) is 7.92. The van der Waals surface area contributed by atoms with Crippen molar-refractivity contribution in [3.8, 4) is 0 Å². The first kappa shape index (κ1) is 15.5. The standard InChI is InChI=1S/C14H27BrO2/c1-4-13-6-8-14(11-15,9-7-13)17-12(3)10-16-5-2/h12-13H,4-11H2,1-3H3. The molecule has 1 saturated carbocycles. The molecule has 17 heavy (non-hydrogen) atoms. The SMILES string of the molecule is CCOCC(C)OC1(CBr)CCC(CC)CC1. The Hall–Kier alpha value is 0.400. The van der Waals surface area contributed by atoms with Gasteiger partial charge in [-0.15, -0.1) is 0 Å². The first-order valence-corrected chi connectivity index (χ1v) is 8.09. The molecule has 0 radical (unpaired) electrons. The Kier molecular flexibility index (Phi) is 7.05. The molecule has 1 aliphatic carbocycles. The van der Waals surface area contributed by atoms with E-state index in [1.165, 1.54) is 32.1 Å². The van der Waals surface area contributed by atoms with Crippen molar-refractivity contribution >= 4 is 15.9 Å². The van der Waals surface area contributed by atoms with Gasteiger partial charge in [-0.3, -0.25) is 0 Å². The molecule has 0 bridgehead atoms. The van der Waals surface area contributed by atoms with Gasteiger partial charge in [-0.1, -0.05) is 29.3 Å². The topological polar surface area (TPSA) is 18.5 Å². The summed E-state index contributed by atoms with van der Waals surface area (Å²) in [6.07, 6.45) is 6.51. The molecule has 1 unspecified atom stereocenters. The lowest BCUT2D eigenvalue weighted by atomic mass is 9.78. The molecule has 0 amide bonds. The second-order valence-electron chi connectivity index (χ2n) is 5.26. The lowest BCUT2D eigenvalue weighted by Gasteiger charge is -2.40. The van der Waals surface area contributed by atoms with Crippen LogP contribution in [0.1, 0.15) is 52.9 Å². The molecule has 2 nitrogen and oxygen atoms in total. The van der Waals surface area contributed by atoms with E-state index in [-0.39, 0.29) is 11.7 Å². The summed E-state index contributed by atoms with van der Waals surface area (Å²) in [6, 6.07) is 0. The minimum atomic E-state index is 0.0577. The molecule has 1 fully saturated rings. The van der Waals surface area contributed by atoms with Crippen molar-refractivity contribution in [3.63, 3.8) is 0 Å². The fourth-order valence-corrected chi connectivity index (χ4v) is 3.33. The molecular weight excluding hydrogens is 280 g/mol. The Morgan fingerprint density at radius 3 is 2.41 bits per heavy atom. The molecule has 0 spiro atoms. The van der Waals surface area contributed by atoms with E-state index in [1.807, 2.05) is 6.92 Å². The summed E-state index contributed by atoms with van der Waals surface area (Å²) >= 11 is 3.64. The zero-order valence-electron chi connectivity index (χ0n) is 11.5. The lowest BCUT2D eigenvalue weighted by molar-refractivity contribution is -0.119. The Labute approximate surface area is 115 Å². The average Bonchev–Trinajstić information content (AvgIpc) is 2.37. The van der Waals surface area contributed by atoms with Gasteiger partial charge in [0.15, 0.2) is 0 Å². The molecule has 0 aliphatic heterocycles. The van der Waals surface area contributed by atoms with E-state index in [2.05, 4.69) is 29.8 Å². The maximum absolute atomic E-state index is 6.25. The number of rotatable bonds is 7. The number of hydrogen-bond acceptors (Lipinski definition) is 2. The highest BCUT2D eigenvalue weighted by Crippen LogP contribution is 2.38. The van der Waals surface area contributed by atoms with Crippen molar-refractivity contribution in [2.75, 3.05) is 18.5 Å². The smallest absolute Gasteiger partial charge is 0.0788 e. The van der Waals surface area contributed by atoms with Gasteiger partial charge in [-0.2, -0.15) is 0 Å². The van der Waals surface area contributed by atoms with Crippen LogP contribution in [0, 0.1) is 5.92 Å². The largest absolute Gasteiger partial charge is 0.379 e. The van der Waals surface area contributed by atoms with Crippen LogP contribution >= 0.6 is 15.9 Å². The lowest BCUT2D eigenvalue weighted by Crippen LogP contribution is -2.42. The van der Waals surface area contributed by atoms with E-state index in [0.717, 1.165) is 17.9 Å². The van der Waals surface area contributed by atoms with E-state index < -0.39 is 0 Å². The highest BCUT2D eigenvalue weighted by atomic mass is 79.9. The highest BCUT2D eigenvalue weighted by molar-refractivity contribution is 9.09. The molecule has 0 aromatic rings. The van der Waals surface area contributed by atoms with Crippen LogP contribution in [0.15, 0.2) is 0 Å². The Morgan fingerprint density at radius 2 is 1.94 bits per heavy atom. The molecule has 102 valence electrons. The monoisotopic (exact) mass is 306 g/mol. The van der Waals surface area contributed by atoms with Crippen LogP contribution < -0.4 is 0 Å². The van der Waals surface area contributed by atoms with Crippen LogP contribution in [0.3, 0.4) is 0 Å². The fourth-order valence-electron chi connectivity index (χ4n) is 2.64. The normalized spacial score (nSPS) is 31.4. The number of ether oxygens (including phenoxy) is 2. The Morgan fingerprint density at radius 1 is 1.29 bits per heavy atom. The van der Waals surface area contributed by atoms with E-state index >= 15 is 0 Å². The summed E-state index contributed by atoms with van der Waals surface area (Å²) in [4.78, 5) is 0. The van der Waals surface area contributed by atoms with E-state index in [9.17, 15) is 0 Å². The average molecular weight is 307 g/mol. The summed E-state index contributed by atoms with van der Waals surface area (Å²) in [7, 11) is 0. The van der Waals surface area contributed by atoms with Crippen LogP contribution in [0.4, 0.5) is 0 Å². The van der Waals surface area contributed by atoms with E-state index in [1.54, 1.807) is 0 Å². The minimum absolute atomic E-state index is 0.0577. The van der Waals surface area contributed by atoms with Crippen molar-refractivity contribution < 1.29 is 9.47 Å². The van der Waals surface area contributed by atoms with Gasteiger partial charge in [0.05, 0.1) is 18.3 Å². The summed E-state index contributed by atoms with van der Waals surface area (Å²) in [5, 5.41) is 0.951. The van der Waals surface area contributed by atoms with Crippen molar-refractivity contribution in [2.45, 2.75) is 64.6 Å². The Bertz CT molecular complexity index is 200. The zero-order valence-corrected chi connectivity index (χ0v) is 13.1. The van der Waals surface area contributed by atoms with Crippen LogP contribution in [-0.2, 0) is 9.47 Å². The van der Waals surface area contributed by atoms with Gasteiger partial charge < -0.3 is 9.47 Å². The molecule has 0 saturated heterocycles. The van der Waals surface area contributed by atoms with E-state index in [0.29, 0.717) is 6.61 Å². The van der Waals surface area contributed by atoms with Crippen LogP contribution in [0.5, 0.6) is 0 Å². The molecule has 1 rings (SSSR count). The number of hydrogen-bond donors (Lipinski definition) is 0. The van der Waals surface area contributed by atoms with Gasteiger partial charge in [-0.25, -0.2) is 0 Å². The molecule has 1 aliphatic rings. The van der Waals surface area contributed by atoms with Crippen molar-refractivity contribution in [2.24, 2.45) is 5.92 Å². The van der Waals surface area contributed by atoms with Crippen molar-refractivity contribution in [1.82, 2.24) is 0 Å². The maximum Gasteiger partial charge on any atom is 0.0788 e. The first-order chi connectivity index (χ1) is 8.15. The molecule has 1 atom stereocenters. The number of alkyl halides is 1. The predicted molar refractivity (Wildman–Crippen MR) is 75.8 cm³/mol. The fraction of sp³-hybridized carbons (Fsp3) is 1.00. The van der Waals surface area contributed by atoms with Gasteiger partial charge in [0.2, 0.25) is 0 Å². The van der Waals surface area contributed by atoms with Crippen LogP contribution in [-0.4, -0.2) is 30.2 Å². The van der Waals surface area contributed by atoms with Gasteiger partial charge >= 0.3 is 0 Å². The minimum Gasteiger partial charge on any atom is -0.379 e. The van der Waals surface area contributed by atoms with Gasteiger partial charge in [-0.05, 0) is 45.4 Å². The van der Waals surface area contributed by atoms with Crippen LogP contribution in [0.25, 0.3) is 0 Å². The van der Waals surface area contributed by atoms with Crippen molar-refractivity contribution in [1.29, 1.82) is 0 Å². The molecule has 0 aromatic heterocycles. The third kappa shape index (κ3) is 4.88. The summed E-state index contributed by atoms with van der Waals surface area (Å²) in [5.74, 6) is 0.910. The first-order valence-electron chi connectivity index (χ1n) is 6.97. The highest BCUT2D eigenvalue weighted by Gasteiger charge is 2.36. The number of halogens is 1. The maximum atomic E-state index is 6.25. The second-order valence-corrected chi connectivity index (χ2v) is 5.82. The van der Waals surface area contributed by atoms with Crippen molar-refractivity contribution in [3.05, 3.63) is 0 Å². The molecule has 0 aromatic carbocycles. The third-order valence-electron chi connectivity index (χ3n) is 3.85. The van der Waals surface area contributed by atoms with Gasteiger partial charge in [0, 0.05) is 11.9 Å². The molecular formula is C14H27BrO2. The third-order valence-corrected chi connectivity index (χ3v) is 4.87. The van der Waals surface area contributed by atoms with Gasteiger partial charge in [0.1, 0.15) is 0 Å². The molecule has 0 heterocycles. The predicted octanol–water partition coefficient (Wildman–Crippen LogP) is 4.16.